The van der Waals surface area contributed by atoms with Gasteiger partial charge in [0.25, 0.3) is 5.91 Å². The number of methoxy groups -OCH3 is 1. The summed E-state index contributed by atoms with van der Waals surface area (Å²) in [5.74, 6) is 1.36. The third kappa shape index (κ3) is 5.15. The number of nitrogens with zero attached hydrogens (tertiary/aromatic N) is 2. The highest BCUT2D eigenvalue weighted by Crippen LogP contribution is 2.28. The first-order valence-corrected chi connectivity index (χ1v) is 11.8. The summed E-state index contributed by atoms with van der Waals surface area (Å²) in [7, 11) is 1.63. The molecular formula is C24H23N3O3S2. The molecule has 2 heterocycles. The summed E-state index contributed by atoms with van der Waals surface area (Å²) < 4.78 is 11.0. The molecule has 0 aliphatic heterocycles. The Hall–Kier alpha value is -3.23. The van der Waals surface area contributed by atoms with Gasteiger partial charge in [-0.3, -0.25) is 10.1 Å². The van der Waals surface area contributed by atoms with Gasteiger partial charge in [-0.2, -0.15) is 0 Å². The quantitative estimate of drug-likeness (QED) is 0.347. The van der Waals surface area contributed by atoms with Crippen molar-refractivity contribution >= 4 is 33.7 Å². The average Bonchev–Trinajstić information content (AvgIpc) is 3.44. The number of anilines is 1. The SMILES string of the molecule is CCc1ccc(OCc2nc(C)c(C(=O)Nc3nc(-c4ccc(OC)cc4)cs3)s2)cc1. The van der Waals surface area contributed by atoms with Crippen molar-refractivity contribution in [1.29, 1.82) is 0 Å². The van der Waals surface area contributed by atoms with Crippen LogP contribution in [-0.4, -0.2) is 23.0 Å². The van der Waals surface area contributed by atoms with Gasteiger partial charge < -0.3 is 9.47 Å². The third-order valence-corrected chi connectivity index (χ3v) is 6.74. The maximum absolute atomic E-state index is 12.8. The Morgan fingerprint density at radius 3 is 2.44 bits per heavy atom. The fraction of sp³-hybridized carbons (Fsp3) is 0.208. The molecule has 0 bridgehead atoms. The molecule has 0 saturated heterocycles. The van der Waals surface area contributed by atoms with E-state index in [-0.39, 0.29) is 5.91 Å². The Labute approximate surface area is 194 Å². The van der Waals surface area contributed by atoms with Gasteiger partial charge in [0.05, 0.1) is 18.5 Å². The van der Waals surface area contributed by atoms with E-state index in [0.29, 0.717) is 22.3 Å². The number of rotatable bonds is 8. The van der Waals surface area contributed by atoms with Crippen LogP contribution in [0.2, 0.25) is 0 Å². The van der Waals surface area contributed by atoms with Crippen LogP contribution in [0.3, 0.4) is 0 Å². The van der Waals surface area contributed by atoms with Crippen LogP contribution in [0.15, 0.2) is 53.9 Å². The molecule has 0 aliphatic rings. The fourth-order valence-electron chi connectivity index (χ4n) is 3.07. The second-order valence-electron chi connectivity index (χ2n) is 7.03. The molecule has 0 unspecified atom stereocenters. The Balaban J connectivity index is 1.39. The van der Waals surface area contributed by atoms with Crippen LogP contribution in [0.25, 0.3) is 11.3 Å². The maximum Gasteiger partial charge on any atom is 0.269 e. The number of amides is 1. The molecule has 4 aromatic rings. The van der Waals surface area contributed by atoms with Crippen LogP contribution < -0.4 is 14.8 Å². The van der Waals surface area contributed by atoms with Gasteiger partial charge in [0.2, 0.25) is 0 Å². The fourth-order valence-corrected chi connectivity index (χ4v) is 4.66. The minimum atomic E-state index is -0.214. The molecule has 6 nitrogen and oxygen atoms in total. The van der Waals surface area contributed by atoms with Crippen molar-refractivity contribution in [1.82, 2.24) is 9.97 Å². The van der Waals surface area contributed by atoms with E-state index in [2.05, 4.69) is 34.3 Å². The molecule has 2 aromatic heterocycles. The molecule has 0 spiro atoms. The largest absolute Gasteiger partial charge is 0.497 e. The standard InChI is InChI=1S/C24H23N3O3S2/c1-4-16-5-9-19(10-6-16)30-13-21-25-15(2)22(32-21)23(28)27-24-26-20(14-31-24)17-7-11-18(29-3)12-8-17/h5-12,14H,4,13H2,1-3H3,(H,26,27,28). The Morgan fingerprint density at radius 1 is 1.03 bits per heavy atom. The van der Waals surface area contributed by atoms with Crippen LogP contribution in [0.1, 0.15) is 32.9 Å². The van der Waals surface area contributed by atoms with Gasteiger partial charge in [-0.15, -0.1) is 22.7 Å². The molecule has 1 amide bonds. The summed E-state index contributed by atoms with van der Waals surface area (Å²) in [4.78, 5) is 22.4. The summed E-state index contributed by atoms with van der Waals surface area (Å²) in [6, 6.07) is 15.7. The number of ether oxygens (including phenoxy) is 2. The molecule has 2 aromatic carbocycles. The molecule has 0 aliphatic carbocycles. The lowest BCUT2D eigenvalue weighted by molar-refractivity contribution is 0.103. The molecule has 0 atom stereocenters. The van der Waals surface area contributed by atoms with Crippen LogP contribution in [0, 0.1) is 6.92 Å². The lowest BCUT2D eigenvalue weighted by Gasteiger charge is -2.04. The number of nitrogens with one attached hydrogen (secondary N) is 1. The number of carbonyl (C=O) groups is 1. The first kappa shape index (κ1) is 22.0. The molecule has 8 heteroatoms. The van der Waals surface area contributed by atoms with Gasteiger partial charge in [0, 0.05) is 10.9 Å². The van der Waals surface area contributed by atoms with Gasteiger partial charge in [-0.25, -0.2) is 9.97 Å². The smallest absolute Gasteiger partial charge is 0.269 e. The summed E-state index contributed by atoms with van der Waals surface area (Å²) in [5.41, 5.74) is 3.71. The van der Waals surface area contributed by atoms with Gasteiger partial charge in [0.1, 0.15) is 28.0 Å². The van der Waals surface area contributed by atoms with Crippen molar-refractivity contribution < 1.29 is 14.3 Å². The zero-order chi connectivity index (χ0) is 22.5. The van der Waals surface area contributed by atoms with Crippen LogP contribution in [-0.2, 0) is 13.0 Å². The van der Waals surface area contributed by atoms with Crippen LogP contribution >= 0.6 is 22.7 Å². The molecule has 4 rings (SSSR count). The first-order chi connectivity index (χ1) is 15.6. The summed E-state index contributed by atoms with van der Waals surface area (Å²) in [5, 5.41) is 6.10. The van der Waals surface area contributed by atoms with E-state index >= 15 is 0 Å². The second-order valence-corrected chi connectivity index (χ2v) is 8.97. The van der Waals surface area contributed by atoms with E-state index in [4.69, 9.17) is 9.47 Å². The minimum absolute atomic E-state index is 0.214. The van der Waals surface area contributed by atoms with Crippen molar-refractivity contribution in [2.24, 2.45) is 0 Å². The molecule has 0 fully saturated rings. The van der Waals surface area contributed by atoms with Gasteiger partial charge in [-0.05, 0) is 55.3 Å². The molecular weight excluding hydrogens is 442 g/mol. The van der Waals surface area contributed by atoms with Crippen molar-refractivity contribution in [3.8, 4) is 22.8 Å². The molecule has 0 saturated carbocycles. The highest BCUT2D eigenvalue weighted by Gasteiger charge is 2.17. The van der Waals surface area contributed by atoms with Crippen LogP contribution in [0.4, 0.5) is 5.13 Å². The topological polar surface area (TPSA) is 73.3 Å². The molecule has 164 valence electrons. The second kappa shape index (κ2) is 9.93. The normalized spacial score (nSPS) is 10.7. The molecule has 0 radical (unpaired) electrons. The van der Waals surface area contributed by atoms with E-state index in [1.165, 1.54) is 28.2 Å². The zero-order valence-corrected chi connectivity index (χ0v) is 19.7. The number of aromatic nitrogens is 2. The van der Waals surface area contributed by atoms with Gasteiger partial charge in [-0.1, -0.05) is 19.1 Å². The lowest BCUT2D eigenvalue weighted by Crippen LogP contribution is -2.11. The number of aryl methyl sites for hydroxylation is 2. The average molecular weight is 466 g/mol. The van der Waals surface area contributed by atoms with E-state index in [0.717, 1.165) is 34.2 Å². The number of carbonyl (C=O) groups excluding carboxylic acids is 1. The maximum atomic E-state index is 12.8. The minimum Gasteiger partial charge on any atom is -0.497 e. The third-order valence-electron chi connectivity index (χ3n) is 4.85. The zero-order valence-electron chi connectivity index (χ0n) is 18.0. The van der Waals surface area contributed by atoms with Crippen molar-refractivity contribution in [2.75, 3.05) is 12.4 Å². The Kier molecular flexibility index (Phi) is 6.82. The Bertz CT molecular complexity index is 1200. The first-order valence-electron chi connectivity index (χ1n) is 10.1. The van der Waals surface area contributed by atoms with E-state index < -0.39 is 0 Å². The summed E-state index contributed by atoms with van der Waals surface area (Å²) in [6.45, 7) is 4.27. The summed E-state index contributed by atoms with van der Waals surface area (Å²) >= 11 is 2.72. The number of hydrogen-bond acceptors (Lipinski definition) is 7. The van der Waals surface area contributed by atoms with Gasteiger partial charge >= 0.3 is 0 Å². The van der Waals surface area contributed by atoms with Gasteiger partial charge in [0.15, 0.2) is 5.13 Å². The van der Waals surface area contributed by atoms with Crippen molar-refractivity contribution in [2.45, 2.75) is 26.9 Å². The number of benzene rings is 2. The lowest BCUT2D eigenvalue weighted by atomic mass is 10.2. The predicted octanol–water partition coefficient (Wildman–Crippen LogP) is 5.98. The highest BCUT2D eigenvalue weighted by molar-refractivity contribution is 7.15. The van der Waals surface area contributed by atoms with Crippen LogP contribution in [0.5, 0.6) is 11.5 Å². The van der Waals surface area contributed by atoms with E-state index in [1.54, 1.807) is 7.11 Å². The summed E-state index contributed by atoms with van der Waals surface area (Å²) in [6.07, 6.45) is 0.991. The molecule has 1 N–H and O–H groups in total. The number of hydrogen-bond donors (Lipinski definition) is 1. The number of thiazole rings is 2. The predicted molar refractivity (Wildman–Crippen MR) is 129 cm³/mol. The Morgan fingerprint density at radius 2 is 1.75 bits per heavy atom. The molecule has 32 heavy (non-hydrogen) atoms. The van der Waals surface area contributed by atoms with E-state index in [9.17, 15) is 4.79 Å². The van der Waals surface area contributed by atoms with Crippen molar-refractivity contribution in [3.05, 3.63) is 75.1 Å². The highest BCUT2D eigenvalue weighted by atomic mass is 32.1. The monoisotopic (exact) mass is 465 g/mol. The van der Waals surface area contributed by atoms with E-state index in [1.807, 2.05) is 48.7 Å². The van der Waals surface area contributed by atoms with Crippen molar-refractivity contribution in [3.63, 3.8) is 0 Å².